The highest BCUT2D eigenvalue weighted by atomic mass is 14.9. The van der Waals surface area contributed by atoms with Crippen molar-refractivity contribution in [2.45, 2.75) is 13.3 Å². The summed E-state index contributed by atoms with van der Waals surface area (Å²) in [6.45, 7) is 7.10. The maximum atomic E-state index is 3.81. The van der Waals surface area contributed by atoms with Gasteiger partial charge in [-0.15, -0.1) is 0 Å². The first-order valence-electron chi connectivity index (χ1n) is 3.38. The predicted molar refractivity (Wildman–Crippen MR) is 40.1 cm³/mol. The summed E-state index contributed by atoms with van der Waals surface area (Å²) in [5.74, 6) is 0.750. The van der Waals surface area contributed by atoms with Crippen LogP contribution in [0.4, 0.5) is 0 Å². The van der Waals surface area contributed by atoms with Crippen molar-refractivity contribution in [1.82, 2.24) is 5.32 Å². The van der Waals surface area contributed by atoms with E-state index in [9.17, 15) is 0 Å². The lowest BCUT2D eigenvalue weighted by Gasteiger charge is -2.06. The smallest absolute Gasteiger partial charge is 0.0263 e. The molecular formula is C8H13N. The average Bonchev–Trinajstić information content (AvgIpc) is 1.97. The third-order valence-corrected chi connectivity index (χ3v) is 1.54. The highest BCUT2D eigenvalue weighted by molar-refractivity contribution is 5.14. The van der Waals surface area contributed by atoms with E-state index in [4.69, 9.17) is 0 Å². The normalized spacial score (nSPS) is 27.2. The van der Waals surface area contributed by atoms with Crippen LogP contribution >= 0.6 is 0 Å². The van der Waals surface area contributed by atoms with Crippen LogP contribution in [0.5, 0.6) is 0 Å². The number of hydrogen-bond acceptors (Lipinski definition) is 1. The summed E-state index contributed by atoms with van der Waals surface area (Å²) in [5.41, 5.74) is 1.04. The average molecular weight is 123 g/mol. The highest BCUT2D eigenvalue weighted by Crippen LogP contribution is 2.06. The van der Waals surface area contributed by atoms with Crippen LogP contribution < -0.4 is 5.32 Å². The van der Waals surface area contributed by atoms with Crippen molar-refractivity contribution in [2.75, 3.05) is 6.54 Å². The van der Waals surface area contributed by atoms with Gasteiger partial charge in [0.25, 0.3) is 0 Å². The molecule has 9 heavy (non-hydrogen) atoms. The van der Waals surface area contributed by atoms with Crippen molar-refractivity contribution in [2.24, 2.45) is 5.92 Å². The number of allylic oxidation sites excluding steroid dienone is 2. The molecule has 0 aliphatic carbocycles. The van der Waals surface area contributed by atoms with Gasteiger partial charge >= 0.3 is 0 Å². The lowest BCUT2D eigenvalue weighted by atomic mass is 10.1. The Morgan fingerprint density at radius 2 is 2.56 bits per heavy atom. The molecule has 0 aromatic rings. The van der Waals surface area contributed by atoms with Crippen LogP contribution in [0.2, 0.25) is 0 Å². The first-order valence-corrected chi connectivity index (χ1v) is 3.38. The summed E-state index contributed by atoms with van der Waals surface area (Å²) in [6, 6.07) is 0. The van der Waals surface area contributed by atoms with E-state index < -0.39 is 0 Å². The molecule has 1 heteroatoms. The van der Waals surface area contributed by atoms with Gasteiger partial charge < -0.3 is 5.32 Å². The minimum atomic E-state index is 0.750. The van der Waals surface area contributed by atoms with Crippen molar-refractivity contribution in [3.8, 4) is 0 Å². The zero-order valence-electron chi connectivity index (χ0n) is 5.85. The van der Waals surface area contributed by atoms with E-state index in [-0.39, 0.29) is 0 Å². The molecule has 1 aliphatic rings. The molecule has 0 spiro atoms. The van der Waals surface area contributed by atoms with E-state index in [1.54, 1.807) is 0 Å². The first kappa shape index (κ1) is 6.40. The van der Waals surface area contributed by atoms with Gasteiger partial charge in [0.15, 0.2) is 0 Å². The molecule has 0 aromatic heterocycles. The van der Waals surface area contributed by atoms with Crippen LogP contribution in [0.3, 0.4) is 0 Å². The van der Waals surface area contributed by atoms with Crippen molar-refractivity contribution in [3.63, 3.8) is 0 Å². The SMILES string of the molecule is C=C1C=CC[C@@H](C)CN1. The Morgan fingerprint density at radius 1 is 1.78 bits per heavy atom. The third kappa shape index (κ3) is 1.92. The Morgan fingerprint density at radius 3 is 3.33 bits per heavy atom. The van der Waals surface area contributed by atoms with Gasteiger partial charge in [-0.1, -0.05) is 19.6 Å². The Balaban J connectivity index is 2.48. The molecule has 0 bridgehead atoms. The number of rotatable bonds is 0. The summed E-state index contributed by atoms with van der Waals surface area (Å²) in [5, 5.41) is 3.21. The molecule has 0 amide bonds. The molecule has 0 radical (unpaired) electrons. The van der Waals surface area contributed by atoms with Crippen molar-refractivity contribution < 1.29 is 0 Å². The highest BCUT2D eigenvalue weighted by Gasteiger charge is 2.01. The fraction of sp³-hybridized carbons (Fsp3) is 0.500. The molecule has 1 rings (SSSR count). The quantitative estimate of drug-likeness (QED) is 0.517. The van der Waals surface area contributed by atoms with Crippen LogP contribution in [0.15, 0.2) is 24.4 Å². The van der Waals surface area contributed by atoms with Gasteiger partial charge in [-0.3, -0.25) is 0 Å². The van der Waals surface area contributed by atoms with Gasteiger partial charge in [-0.2, -0.15) is 0 Å². The first-order chi connectivity index (χ1) is 4.29. The predicted octanol–water partition coefficient (Wildman–Crippen LogP) is 1.69. The maximum absolute atomic E-state index is 3.81. The number of hydrogen-bond donors (Lipinski definition) is 1. The van der Waals surface area contributed by atoms with Gasteiger partial charge in [0.2, 0.25) is 0 Å². The van der Waals surface area contributed by atoms with E-state index in [1.165, 1.54) is 6.42 Å². The third-order valence-electron chi connectivity index (χ3n) is 1.54. The molecule has 0 saturated heterocycles. The number of nitrogens with one attached hydrogen (secondary N) is 1. The monoisotopic (exact) mass is 123 g/mol. The standard InChI is InChI=1S/C8H13N/c1-7-4-3-5-8(2)9-6-7/h3,5,7,9H,2,4,6H2,1H3/t7-/m1/s1. The van der Waals surface area contributed by atoms with Crippen molar-refractivity contribution in [1.29, 1.82) is 0 Å². The van der Waals surface area contributed by atoms with E-state index >= 15 is 0 Å². The summed E-state index contributed by atoms with van der Waals surface area (Å²) < 4.78 is 0. The lowest BCUT2D eigenvalue weighted by molar-refractivity contribution is 0.567. The largest absolute Gasteiger partial charge is 0.385 e. The van der Waals surface area contributed by atoms with E-state index in [0.717, 1.165) is 18.2 Å². The summed E-state index contributed by atoms with van der Waals surface area (Å²) in [4.78, 5) is 0. The van der Waals surface area contributed by atoms with Gasteiger partial charge in [-0.05, 0) is 18.4 Å². The molecule has 1 aliphatic heterocycles. The Labute approximate surface area is 56.5 Å². The van der Waals surface area contributed by atoms with Crippen molar-refractivity contribution >= 4 is 0 Å². The Kier molecular flexibility index (Phi) is 1.93. The van der Waals surface area contributed by atoms with Crippen LogP contribution in [0, 0.1) is 5.92 Å². The molecule has 0 aromatic carbocycles. The molecule has 0 unspecified atom stereocenters. The van der Waals surface area contributed by atoms with Crippen molar-refractivity contribution in [3.05, 3.63) is 24.4 Å². The van der Waals surface area contributed by atoms with Crippen LogP contribution in [0.25, 0.3) is 0 Å². The zero-order chi connectivity index (χ0) is 6.69. The minimum Gasteiger partial charge on any atom is -0.385 e. The molecule has 1 N–H and O–H groups in total. The molecule has 0 fully saturated rings. The van der Waals surface area contributed by atoms with E-state index in [0.29, 0.717) is 0 Å². The Bertz CT molecular complexity index is 136. The van der Waals surface area contributed by atoms with Crippen LogP contribution in [0.1, 0.15) is 13.3 Å². The van der Waals surface area contributed by atoms with Crippen LogP contribution in [-0.4, -0.2) is 6.54 Å². The fourth-order valence-corrected chi connectivity index (χ4v) is 0.890. The maximum Gasteiger partial charge on any atom is 0.0263 e. The molecular weight excluding hydrogens is 110 g/mol. The zero-order valence-corrected chi connectivity index (χ0v) is 5.85. The van der Waals surface area contributed by atoms with Gasteiger partial charge in [0, 0.05) is 12.2 Å². The van der Waals surface area contributed by atoms with E-state index in [2.05, 4.69) is 24.9 Å². The second kappa shape index (κ2) is 2.72. The van der Waals surface area contributed by atoms with Gasteiger partial charge in [-0.25, -0.2) is 0 Å². The molecule has 1 nitrogen and oxygen atoms in total. The van der Waals surface area contributed by atoms with Crippen LogP contribution in [-0.2, 0) is 0 Å². The fourth-order valence-electron chi connectivity index (χ4n) is 0.890. The summed E-state index contributed by atoms with van der Waals surface area (Å²) in [6.07, 6.45) is 5.39. The van der Waals surface area contributed by atoms with Gasteiger partial charge in [0.05, 0.1) is 0 Å². The lowest BCUT2D eigenvalue weighted by Crippen LogP contribution is -2.16. The molecule has 1 heterocycles. The summed E-state index contributed by atoms with van der Waals surface area (Å²) >= 11 is 0. The molecule has 50 valence electrons. The molecule has 0 saturated carbocycles. The molecule has 1 atom stereocenters. The minimum absolute atomic E-state index is 0.750. The Hall–Kier alpha value is -0.720. The van der Waals surface area contributed by atoms with Gasteiger partial charge in [0.1, 0.15) is 0 Å². The summed E-state index contributed by atoms with van der Waals surface area (Å²) in [7, 11) is 0. The second-order valence-corrected chi connectivity index (χ2v) is 2.65. The van der Waals surface area contributed by atoms with E-state index in [1.807, 2.05) is 6.08 Å². The second-order valence-electron chi connectivity index (χ2n) is 2.65. The topological polar surface area (TPSA) is 12.0 Å².